The molecular weight excluding hydrogens is 671 g/mol. The standard InChI is InChI=1S/C36H35IO5S/c37-43-22-21-32-34(39-24-29-15-7-2-8-16-29)36(41-26-31-19-11-4-12-20-31)35(40-25-30-17-9-3-10-18-30)33(42-32)27-38-23-28-13-5-1-6-14-28/h1-20,32-36H,23-27H2/t32-,33-,34-,35-,36-/m1/s1. The zero-order chi connectivity index (χ0) is 29.5. The molecule has 0 amide bonds. The minimum Gasteiger partial charge on any atom is -0.374 e. The molecule has 0 spiro atoms. The van der Waals surface area contributed by atoms with Crippen LogP contribution in [0, 0.1) is 11.2 Å². The molecule has 4 aromatic rings. The van der Waals surface area contributed by atoms with E-state index in [0.717, 1.165) is 22.3 Å². The summed E-state index contributed by atoms with van der Waals surface area (Å²) in [7, 11) is 1.42. The molecule has 0 N–H and O–H groups in total. The minimum absolute atomic E-state index is 0.320. The van der Waals surface area contributed by atoms with Crippen LogP contribution in [0.4, 0.5) is 0 Å². The summed E-state index contributed by atoms with van der Waals surface area (Å²) in [4.78, 5) is 0. The van der Waals surface area contributed by atoms with Gasteiger partial charge < -0.3 is 23.7 Å². The Hall–Kier alpha value is -2.68. The second-order valence-corrected chi connectivity index (χ2v) is 11.9. The molecule has 1 aliphatic rings. The Labute approximate surface area is 270 Å². The lowest BCUT2D eigenvalue weighted by atomic mass is 9.94. The highest BCUT2D eigenvalue weighted by Crippen LogP contribution is 2.31. The lowest BCUT2D eigenvalue weighted by molar-refractivity contribution is -0.261. The molecule has 5 atom stereocenters. The maximum Gasteiger partial charge on any atom is 0.148 e. The first-order valence-electron chi connectivity index (χ1n) is 14.3. The van der Waals surface area contributed by atoms with Crippen molar-refractivity contribution >= 4 is 30.1 Å². The van der Waals surface area contributed by atoms with Gasteiger partial charge in [0.15, 0.2) is 0 Å². The summed E-state index contributed by atoms with van der Waals surface area (Å²) in [6.45, 7) is 1.99. The van der Waals surface area contributed by atoms with Crippen LogP contribution in [0.3, 0.4) is 0 Å². The molecule has 0 unspecified atom stereocenters. The molecule has 0 saturated carbocycles. The van der Waals surface area contributed by atoms with Crippen molar-refractivity contribution in [1.29, 1.82) is 0 Å². The average molecular weight is 707 g/mol. The van der Waals surface area contributed by atoms with E-state index in [9.17, 15) is 0 Å². The van der Waals surface area contributed by atoms with Gasteiger partial charge in [-0.15, -0.1) is 0 Å². The molecule has 7 heteroatoms. The Kier molecular flexibility index (Phi) is 13.0. The SMILES string of the molecule is ISC#C[C@H]1O[C@H](COCc2ccccc2)[C@@H](OCc2ccccc2)[C@H](OCc2ccccc2)[C@@H]1OCc1ccccc1. The van der Waals surface area contributed by atoms with Crippen molar-refractivity contribution < 1.29 is 23.7 Å². The molecule has 5 rings (SSSR count). The fourth-order valence-electron chi connectivity index (χ4n) is 4.99. The minimum atomic E-state index is -0.534. The van der Waals surface area contributed by atoms with E-state index in [2.05, 4.69) is 80.9 Å². The Bertz CT molecular complexity index is 1400. The second kappa shape index (κ2) is 17.6. The molecule has 222 valence electrons. The zero-order valence-corrected chi connectivity index (χ0v) is 26.8. The van der Waals surface area contributed by atoms with Crippen LogP contribution < -0.4 is 0 Å². The number of hydrogen-bond acceptors (Lipinski definition) is 6. The van der Waals surface area contributed by atoms with Gasteiger partial charge in [-0.1, -0.05) is 127 Å². The van der Waals surface area contributed by atoms with E-state index in [0.29, 0.717) is 33.0 Å². The second-order valence-electron chi connectivity index (χ2n) is 10.2. The van der Waals surface area contributed by atoms with E-state index < -0.39 is 30.5 Å². The van der Waals surface area contributed by atoms with Gasteiger partial charge in [-0.25, -0.2) is 0 Å². The van der Waals surface area contributed by atoms with E-state index in [1.807, 2.05) is 72.8 Å². The van der Waals surface area contributed by atoms with Gasteiger partial charge >= 0.3 is 0 Å². The first-order valence-corrected chi connectivity index (χ1v) is 17.7. The van der Waals surface area contributed by atoms with Crippen LogP contribution in [-0.2, 0) is 50.1 Å². The van der Waals surface area contributed by atoms with Crippen LogP contribution in [0.5, 0.6) is 0 Å². The molecule has 1 heterocycles. The number of halogens is 1. The summed E-state index contributed by atoms with van der Waals surface area (Å²) < 4.78 is 32.8. The quantitative estimate of drug-likeness (QED) is 0.105. The molecule has 4 aromatic carbocycles. The lowest BCUT2D eigenvalue weighted by Crippen LogP contribution is -2.60. The molecular formula is C36H35IO5S. The predicted octanol–water partition coefficient (Wildman–Crippen LogP) is 7.77. The van der Waals surface area contributed by atoms with Gasteiger partial charge in [-0.05, 0) is 36.4 Å². The van der Waals surface area contributed by atoms with Crippen LogP contribution in [0.1, 0.15) is 22.3 Å². The van der Waals surface area contributed by atoms with Gasteiger partial charge in [0.05, 0.1) is 33.0 Å². The Morgan fingerprint density at radius 1 is 0.558 bits per heavy atom. The van der Waals surface area contributed by atoms with Crippen molar-refractivity contribution in [1.82, 2.24) is 0 Å². The monoisotopic (exact) mass is 706 g/mol. The largest absolute Gasteiger partial charge is 0.374 e. The number of hydrogen-bond donors (Lipinski definition) is 0. The summed E-state index contributed by atoms with van der Waals surface area (Å²) in [5.41, 5.74) is 4.30. The topological polar surface area (TPSA) is 46.2 Å². The van der Waals surface area contributed by atoms with Gasteiger partial charge in [0.25, 0.3) is 0 Å². The fourth-order valence-corrected chi connectivity index (χ4v) is 5.53. The van der Waals surface area contributed by atoms with Gasteiger partial charge in [0, 0.05) is 21.2 Å². The summed E-state index contributed by atoms with van der Waals surface area (Å²) in [6.07, 6.45) is -2.39. The Morgan fingerprint density at radius 3 is 1.44 bits per heavy atom. The average Bonchev–Trinajstić information content (AvgIpc) is 3.07. The molecule has 0 aromatic heterocycles. The third kappa shape index (κ3) is 9.91. The van der Waals surface area contributed by atoms with Crippen LogP contribution in [0.15, 0.2) is 121 Å². The molecule has 0 radical (unpaired) electrons. The molecule has 0 aliphatic carbocycles. The normalized spacial score (nSPS) is 21.6. The van der Waals surface area contributed by atoms with Gasteiger partial charge in [0.1, 0.15) is 30.5 Å². The van der Waals surface area contributed by atoms with Crippen molar-refractivity contribution in [3.05, 3.63) is 144 Å². The third-order valence-corrected chi connectivity index (χ3v) is 7.98. The van der Waals surface area contributed by atoms with Crippen molar-refractivity contribution in [2.45, 2.75) is 56.9 Å². The lowest BCUT2D eigenvalue weighted by Gasteiger charge is -2.44. The van der Waals surface area contributed by atoms with Gasteiger partial charge in [-0.2, -0.15) is 0 Å². The predicted molar refractivity (Wildman–Crippen MR) is 179 cm³/mol. The molecule has 43 heavy (non-hydrogen) atoms. The van der Waals surface area contributed by atoms with E-state index in [-0.39, 0.29) is 0 Å². The molecule has 1 aliphatic heterocycles. The Morgan fingerprint density at radius 2 is 0.977 bits per heavy atom. The maximum absolute atomic E-state index is 6.71. The number of benzene rings is 4. The summed E-state index contributed by atoms with van der Waals surface area (Å²) in [5, 5.41) is 3.13. The summed E-state index contributed by atoms with van der Waals surface area (Å²) in [6, 6.07) is 40.5. The van der Waals surface area contributed by atoms with Crippen LogP contribution in [0.25, 0.3) is 0 Å². The summed E-state index contributed by atoms with van der Waals surface area (Å²) >= 11 is 2.18. The highest BCUT2D eigenvalue weighted by molar-refractivity contribution is 14.2. The zero-order valence-electron chi connectivity index (χ0n) is 23.8. The van der Waals surface area contributed by atoms with E-state index in [1.54, 1.807) is 0 Å². The van der Waals surface area contributed by atoms with Gasteiger partial charge in [-0.3, -0.25) is 0 Å². The molecule has 1 fully saturated rings. The van der Waals surface area contributed by atoms with E-state index >= 15 is 0 Å². The highest BCUT2D eigenvalue weighted by Gasteiger charge is 2.48. The smallest absolute Gasteiger partial charge is 0.148 e. The number of ether oxygens (including phenoxy) is 5. The van der Waals surface area contributed by atoms with Crippen molar-refractivity contribution in [2.75, 3.05) is 6.61 Å². The number of rotatable bonds is 13. The maximum atomic E-state index is 6.71. The van der Waals surface area contributed by atoms with E-state index in [4.69, 9.17) is 23.7 Å². The molecule has 1 saturated heterocycles. The summed E-state index contributed by atoms with van der Waals surface area (Å²) in [5.74, 6) is 3.29. The highest BCUT2D eigenvalue weighted by atomic mass is 127. The van der Waals surface area contributed by atoms with Crippen molar-refractivity contribution in [2.24, 2.45) is 0 Å². The third-order valence-electron chi connectivity index (χ3n) is 7.12. The Balaban J connectivity index is 1.43. The molecule has 5 nitrogen and oxygen atoms in total. The van der Waals surface area contributed by atoms with Gasteiger partial charge in [0.2, 0.25) is 0 Å². The van der Waals surface area contributed by atoms with Crippen LogP contribution in [0.2, 0.25) is 0 Å². The van der Waals surface area contributed by atoms with E-state index in [1.165, 1.54) is 8.93 Å². The van der Waals surface area contributed by atoms with Crippen LogP contribution in [-0.4, -0.2) is 37.1 Å². The van der Waals surface area contributed by atoms with Crippen molar-refractivity contribution in [3.8, 4) is 11.2 Å². The fraction of sp³-hybridized carbons (Fsp3) is 0.278. The van der Waals surface area contributed by atoms with Crippen molar-refractivity contribution in [3.63, 3.8) is 0 Å². The van der Waals surface area contributed by atoms with Crippen LogP contribution >= 0.6 is 30.1 Å². The first-order chi connectivity index (χ1) is 21.3. The first kappa shape index (κ1) is 31.7. The molecule has 0 bridgehead atoms.